The van der Waals surface area contributed by atoms with Crippen molar-refractivity contribution in [3.8, 4) is 0 Å². The molecule has 0 radical (unpaired) electrons. The Morgan fingerprint density at radius 2 is 1.47 bits per heavy atom. The Kier molecular flexibility index (Phi) is 4.71. The van der Waals surface area contributed by atoms with Crippen LogP contribution in [0.4, 0.5) is 0 Å². The second kappa shape index (κ2) is 5.43. The summed E-state index contributed by atoms with van der Waals surface area (Å²) in [7, 11) is 0. The van der Waals surface area contributed by atoms with Gasteiger partial charge in [-0.25, -0.2) is 0 Å². The molecular formula is C16H30O3. The molecule has 0 spiro atoms. The van der Waals surface area contributed by atoms with Gasteiger partial charge in [0.05, 0.1) is 12.0 Å². The third-order valence-electron chi connectivity index (χ3n) is 3.14. The molecule has 1 atom stereocenters. The summed E-state index contributed by atoms with van der Waals surface area (Å²) in [5.41, 5.74) is -0.213. The van der Waals surface area contributed by atoms with Crippen molar-refractivity contribution in [2.24, 2.45) is 16.2 Å². The molecule has 112 valence electrons. The number of epoxide rings is 1. The Hall–Kier alpha value is -0.570. The van der Waals surface area contributed by atoms with Gasteiger partial charge in [-0.05, 0) is 30.6 Å². The van der Waals surface area contributed by atoms with Gasteiger partial charge in [0.1, 0.15) is 12.7 Å². The lowest BCUT2D eigenvalue weighted by atomic mass is 9.67. The molecule has 1 aliphatic heterocycles. The largest absolute Gasteiger partial charge is 0.462 e. The van der Waals surface area contributed by atoms with Gasteiger partial charge in [0, 0.05) is 0 Å². The number of carbonyl (C=O) groups excluding carboxylic acids is 1. The Labute approximate surface area is 118 Å². The van der Waals surface area contributed by atoms with Crippen molar-refractivity contribution in [1.29, 1.82) is 0 Å². The number of rotatable bonds is 5. The van der Waals surface area contributed by atoms with E-state index in [9.17, 15) is 4.79 Å². The van der Waals surface area contributed by atoms with Crippen LogP contribution in [0.25, 0.3) is 0 Å². The minimum atomic E-state index is -0.425. The highest BCUT2D eigenvalue weighted by atomic mass is 16.6. The fourth-order valence-electron chi connectivity index (χ4n) is 3.05. The highest BCUT2D eigenvalue weighted by Crippen LogP contribution is 2.43. The Morgan fingerprint density at radius 1 is 1.05 bits per heavy atom. The smallest absolute Gasteiger partial charge is 0.311 e. The molecule has 1 unspecified atom stereocenters. The molecule has 1 heterocycles. The van der Waals surface area contributed by atoms with Gasteiger partial charge in [-0.3, -0.25) is 4.79 Å². The van der Waals surface area contributed by atoms with E-state index >= 15 is 0 Å². The summed E-state index contributed by atoms with van der Waals surface area (Å²) in [6, 6.07) is 0. The SMILES string of the molecule is CC(C)(C)CC(C)(CC(C)(C)C)C(=O)OCC1CO1. The standard InChI is InChI=1S/C16H30O3/c1-14(2,3)10-16(7,11-15(4,5)6)13(17)19-9-12-8-18-12/h12H,8-11H2,1-7H3. The van der Waals surface area contributed by atoms with Crippen LogP contribution in [0.5, 0.6) is 0 Å². The molecule has 0 bridgehead atoms. The quantitative estimate of drug-likeness (QED) is 0.563. The maximum atomic E-state index is 12.5. The normalized spacial score (nSPS) is 20.3. The summed E-state index contributed by atoms with van der Waals surface area (Å²) in [6.07, 6.45) is 1.81. The first-order chi connectivity index (χ1) is 8.41. The molecule has 19 heavy (non-hydrogen) atoms. The number of hydrogen-bond donors (Lipinski definition) is 0. The van der Waals surface area contributed by atoms with Crippen LogP contribution in [-0.4, -0.2) is 25.3 Å². The average molecular weight is 270 g/mol. The molecule has 1 saturated heterocycles. The van der Waals surface area contributed by atoms with E-state index in [1.807, 2.05) is 6.92 Å². The van der Waals surface area contributed by atoms with Crippen LogP contribution in [0.3, 0.4) is 0 Å². The van der Waals surface area contributed by atoms with Crippen LogP contribution in [0, 0.1) is 16.2 Å². The first-order valence-corrected chi connectivity index (χ1v) is 7.20. The van der Waals surface area contributed by atoms with Gasteiger partial charge in [0.25, 0.3) is 0 Å². The van der Waals surface area contributed by atoms with Crippen LogP contribution in [0.2, 0.25) is 0 Å². The molecule has 3 nitrogen and oxygen atoms in total. The molecule has 0 saturated carbocycles. The molecule has 1 aliphatic rings. The van der Waals surface area contributed by atoms with Gasteiger partial charge in [0.15, 0.2) is 0 Å². The van der Waals surface area contributed by atoms with E-state index in [-0.39, 0.29) is 22.9 Å². The number of esters is 1. The van der Waals surface area contributed by atoms with E-state index in [1.54, 1.807) is 0 Å². The van der Waals surface area contributed by atoms with E-state index < -0.39 is 5.41 Å². The lowest BCUT2D eigenvalue weighted by Crippen LogP contribution is -2.37. The van der Waals surface area contributed by atoms with E-state index in [2.05, 4.69) is 41.5 Å². The van der Waals surface area contributed by atoms with Gasteiger partial charge in [-0.1, -0.05) is 41.5 Å². The molecule has 0 aliphatic carbocycles. The van der Waals surface area contributed by atoms with Crippen molar-refractivity contribution in [3.63, 3.8) is 0 Å². The molecule has 1 rings (SSSR count). The third-order valence-corrected chi connectivity index (χ3v) is 3.14. The average Bonchev–Trinajstić information content (AvgIpc) is 2.90. The topological polar surface area (TPSA) is 38.8 Å². The summed E-state index contributed by atoms with van der Waals surface area (Å²) in [6.45, 7) is 16.2. The lowest BCUT2D eigenvalue weighted by molar-refractivity contribution is -0.159. The first kappa shape index (κ1) is 16.5. The van der Waals surface area contributed by atoms with E-state index in [1.165, 1.54) is 0 Å². The Morgan fingerprint density at radius 3 is 1.79 bits per heavy atom. The summed E-state index contributed by atoms with van der Waals surface area (Å²) in [4.78, 5) is 12.5. The van der Waals surface area contributed by atoms with Gasteiger partial charge in [-0.15, -0.1) is 0 Å². The maximum Gasteiger partial charge on any atom is 0.311 e. The van der Waals surface area contributed by atoms with Crippen molar-refractivity contribution < 1.29 is 14.3 Å². The fraction of sp³-hybridized carbons (Fsp3) is 0.938. The van der Waals surface area contributed by atoms with Gasteiger partial charge >= 0.3 is 5.97 Å². The van der Waals surface area contributed by atoms with Crippen molar-refractivity contribution in [2.75, 3.05) is 13.2 Å². The predicted molar refractivity (Wildman–Crippen MR) is 77.0 cm³/mol. The highest BCUT2D eigenvalue weighted by molar-refractivity contribution is 5.76. The molecule has 0 aromatic heterocycles. The number of carbonyl (C=O) groups is 1. The van der Waals surface area contributed by atoms with Gasteiger partial charge < -0.3 is 9.47 Å². The summed E-state index contributed by atoms with van der Waals surface area (Å²) in [5, 5.41) is 0. The number of ether oxygens (including phenoxy) is 2. The van der Waals surface area contributed by atoms with Crippen molar-refractivity contribution in [2.45, 2.75) is 67.4 Å². The van der Waals surface area contributed by atoms with Crippen LogP contribution in [-0.2, 0) is 14.3 Å². The van der Waals surface area contributed by atoms with Crippen LogP contribution in [0.15, 0.2) is 0 Å². The molecule has 0 amide bonds. The second-order valence-electron chi connectivity index (χ2n) is 8.59. The molecule has 0 aromatic carbocycles. The molecule has 0 aromatic rings. The predicted octanol–water partition coefficient (Wildman–Crippen LogP) is 3.81. The Balaban J connectivity index is 2.73. The zero-order chi connectivity index (χ0) is 14.9. The molecular weight excluding hydrogens is 240 g/mol. The van der Waals surface area contributed by atoms with Crippen LogP contribution >= 0.6 is 0 Å². The molecule has 0 N–H and O–H groups in total. The zero-order valence-corrected chi connectivity index (χ0v) is 13.6. The van der Waals surface area contributed by atoms with Gasteiger partial charge in [-0.2, -0.15) is 0 Å². The minimum absolute atomic E-state index is 0.0761. The van der Waals surface area contributed by atoms with Gasteiger partial charge in [0.2, 0.25) is 0 Å². The third kappa shape index (κ3) is 6.42. The van der Waals surface area contributed by atoms with Crippen LogP contribution in [0.1, 0.15) is 61.3 Å². The zero-order valence-electron chi connectivity index (χ0n) is 13.6. The fourth-order valence-corrected chi connectivity index (χ4v) is 3.05. The van der Waals surface area contributed by atoms with Crippen molar-refractivity contribution in [1.82, 2.24) is 0 Å². The summed E-state index contributed by atoms with van der Waals surface area (Å²) >= 11 is 0. The maximum absolute atomic E-state index is 12.5. The Bertz CT molecular complexity index is 300. The minimum Gasteiger partial charge on any atom is -0.462 e. The second-order valence-corrected chi connectivity index (χ2v) is 8.59. The molecule has 1 fully saturated rings. The summed E-state index contributed by atoms with van der Waals surface area (Å²) in [5.74, 6) is -0.0761. The van der Waals surface area contributed by atoms with E-state index in [0.717, 1.165) is 19.4 Å². The van der Waals surface area contributed by atoms with Crippen LogP contribution < -0.4 is 0 Å². The van der Waals surface area contributed by atoms with E-state index in [0.29, 0.717) is 6.61 Å². The summed E-state index contributed by atoms with van der Waals surface area (Å²) < 4.78 is 10.6. The monoisotopic (exact) mass is 270 g/mol. The van der Waals surface area contributed by atoms with Crippen molar-refractivity contribution >= 4 is 5.97 Å². The lowest BCUT2D eigenvalue weighted by Gasteiger charge is -2.38. The highest BCUT2D eigenvalue weighted by Gasteiger charge is 2.42. The van der Waals surface area contributed by atoms with E-state index in [4.69, 9.17) is 9.47 Å². The van der Waals surface area contributed by atoms with Crippen molar-refractivity contribution in [3.05, 3.63) is 0 Å². The molecule has 3 heteroatoms. The first-order valence-electron chi connectivity index (χ1n) is 7.20. The number of hydrogen-bond acceptors (Lipinski definition) is 3.